The third-order valence-corrected chi connectivity index (χ3v) is 5.11. The maximum absolute atomic E-state index is 12.1. The SMILES string of the molecule is Cl.O=C(CC1CCc2ccccc2C1)NCCCN1CCNCC1. The van der Waals surface area contributed by atoms with Crippen LogP contribution < -0.4 is 10.6 Å². The predicted octanol–water partition coefficient (Wildman–Crippen LogP) is 2.01. The smallest absolute Gasteiger partial charge is 0.220 e. The number of aryl methyl sites for hydroxylation is 1. The van der Waals surface area contributed by atoms with Crippen LogP contribution in [-0.4, -0.2) is 50.1 Å². The van der Waals surface area contributed by atoms with Gasteiger partial charge >= 0.3 is 0 Å². The molecule has 24 heavy (non-hydrogen) atoms. The van der Waals surface area contributed by atoms with Crippen molar-refractivity contribution in [3.05, 3.63) is 35.4 Å². The van der Waals surface area contributed by atoms with Crippen molar-refractivity contribution in [2.24, 2.45) is 5.92 Å². The Morgan fingerprint density at radius 1 is 1.21 bits per heavy atom. The predicted molar refractivity (Wildman–Crippen MR) is 101 cm³/mol. The first-order valence-electron chi connectivity index (χ1n) is 9.08. The van der Waals surface area contributed by atoms with E-state index in [4.69, 9.17) is 0 Å². The number of amides is 1. The third kappa shape index (κ3) is 5.76. The molecule has 1 aromatic rings. The fourth-order valence-corrected chi connectivity index (χ4v) is 3.75. The van der Waals surface area contributed by atoms with E-state index < -0.39 is 0 Å². The number of benzene rings is 1. The summed E-state index contributed by atoms with van der Waals surface area (Å²) in [6.45, 7) is 6.36. The maximum Gasteiger partial charge on any atom is 0.220 e. The summed E-state index contributed by atoms with van der Waals surface area (Å²) >= 11 is 0. The molecule has 1 aliphatic carbocycles. The number of fused-ring (bicyclic) bond motifs is 1. The number of nitrogens with one attached hydrogen (secondary N) is 2. The Kier molecular flexibility index (Phi) is 8.03. The lowest BCUT2D eigenvalue weighted by Gasteiger charge is -2.27. The van der Waals surface area contributed by atoms with Gasteiger partial charge in [-0.05, 0) is 49.3 Å². The van der Waals surface area contributed by atoms with Crippen molar-refractivity contribution in [3.8, 4) is 0 Å². The second kappa shape index (κ2) is 10.0. The summed E-state index contributed by atoms with van der Waals surface area (Å²) in [6, 6.07) is 8.66. The third-order valence-electron chi connectivity index (χ3n) is 5.11. The zero-order valence-corrected chi connectivity index (χ0v) is 15.2. The Morgan fingerprint density at radius 2 is 1.96 bits per heavy atom. The molecule has 1 saturated heterocycles. The van der Waals surface area contributed by atoms with E-state index in [-0.39, 0.29) is 18.3 Å². The van der Waals surface area contributed by atoms with Gasteiger partial charge in [-0.15, -0.1) is 12.4 Å². The highest BCUT2D eigenvalue weighted by atomic mass is 35.5. The first-order chi connectivity index (χ1) is 11.3. The first-order valence-corrected chi connectivity index (χ1v) is 9.08. The van der Waals surface area contributed by atoms with Crippen molar-refractivity contribution in [1.82, 2.24) is 15.5 Å². The van der Waals surface area contributed by atoms with Crippen molar-refractivity contribution >= 4 is 18.3 Å². The van der Waals surface area contributed by atoms with Gasteiger partial charge in [0.1, 0.15) is 0 Å². The van der Waals surface area contributed by atoms with Crippen LogP contribution in [0.1, 0.15) is 30.4 Å². The molecule has 2 N–H and O–H groups in total. The van der Waals surface area contributed by atoms with Gasteiger partial charge in [-0.25, -0.2) is 0 Å². The topological polar surface area (TPSA) is 44.4 Å². The summed E-state index contributed by atoms with van der Waals surface area (Å²) in [5, 5.41) is 6.48. The van der Waals surface area contributed by atoms with Gasteiger partial charge in [-0.2, -0.15) is 0 Å². The van der Waals surface area contributed by atoms with Gasteiger partial charge < -0.3 is 15.5 Å². The lowest BCUT2D eigenvalue weighted by Crippen LogP contribution is -2.44. The second-order valence-corrected chi connectivity index (χ2v) is 6.88. The normalized spacial score (nSPS) is 20.8. The van der Waals surface area contributed by atoms with Gasteiger partial charge in [-0.1, -0.05) is 24.3 Å². The standard InChI is InChI=1S/C19H29N3O.ClH/c23-19(21-8-3-11-22-12-9-20-10-13-22)15-16-6-7-17-4-1-2-5-18(17)14-16;/h1-2,4-5,16,20H,3,6-15H2,(H,21,23);1H. The van der Waals surface area contributed by atoms with Crippen LogP contribution in [0.25, 0.3) is 0 Å². The molecule has 1 amide bonds. The number of piperazine rings is 1. The summed E-state index contributed by atoms with van der Waals surface area (Å²) in [4.78, 5) is 14.6. The van der Waals surface area contributed by atoms with E-state index in [0.29, 0.717) is 12.3 Å². The van der Waals surface area contributed by atoms with Gasteiger partial charge in [0.05, 0.1) is 0 Å². The van der Waals surface area contributed by atoms with E-state index in [2.05, 4.69) is 39.8 Å². The van der Waals surface area contributed by atoms with Crippen LogP contribution in [-0.2, 0) is 17.6 Å². The summed E-state index contributed by atoms with van der Waals surface area (Å²) in [6.07, 6.45) is 5.06. The molecule has 3 rings (SSSR count). The molecule has 1 fully saturated rings. The Bertz CT molecular complexity index is 517. The van der Waals surface area contributed by atoms with Crippen LogP contribution in [0.15, 0.2) is 24.3 Å². The van der Waals surface area contributed by atoms with E-state index in [9.17, 15) is 4.79 Å². The number of carbonyl (C=O) groups excluding carboxylic acids is 1. The molecule has 1 heterocycles. The van der Waals surface area contributed by atoms with Gasteiger partial charge in [0.15, 0.2) is 0 Å². The summed E-state index contributed by atoms with van der Waals surface area (Å²) < 4.78 is 0. The molecule has 1 unspecified atom stereocenters. The monoisotopic (exact) mass is 351 g/mol. The summed E-state index contributed by atoms with van der Waals surface area (Å²) in [7, 11) is 0. The van der Waals surface area contributed by atoms with E-state index in [1.165, 1.54) is 11.1 Å². The number of carbonyl (C=O) groups is 1. The van der Waals surface area contributed by atoms with Crippen molar-refractivity contribution in [1.29, 1.82) is 0 Å². The molecule has 1 aliphatic heterocycles. The minimum Gasteiger partial charge on any atom is -0.356 e. The highest BCUT2D eigenvalue weighted by Crippen LogP contribution is 2.27. The largest absolute Gasteiger partial charge is 0.356 e. The number of halogens is 1. The van der Waals surface area contributed by atoms with Crippen molar-refractivity contribution in [2.75, 3.05) is 39.3 Å². The average Bonchev–Trinajstić information content (AvgIpc) is 2.59. The molecular weight excluding hydrogens is 322 g/mol. The Labute approximate surface area is 151 Å². The fourth-order valence-electron chi connectivity index (χ4n) is 3.75. The van der Waals surface area contributed by atoms with E-state index in [0.717, 1.165) is 65.0 Å². The minimum atomic E-state index is 0. The number of hydrogen-bond donors (Lipinski definition) is 2. The molecule has 4 nitrogen and oxygen atoms in total. The lowest BCUT2D eigenvalue weighted by molar-refractivity contribution is -0.122. The maximum atomic E-state index is 12.1. The molecule has 0 saturated carbocycles. The van der Waals surface area contributed by atoms with Crippen LogP contribution in [0.2, 0.25) is 0 Å². The number of nitrogens with zero attached hydrogens (tertiary/aromatic N) is 1. The molecule has 0 spiro atoms. The first kappa shape index (κ1) is 19.2. The number of rotatable bonds is 6. The summed E-state index contributed by atoms with van der Waals surface area (Å²) in [5.41, 5.74) is 2.91. The highest BCUT2D eigenvalue weighted by Gasteiger charge is 2.20. The van der Waals surface area contributed by atoms with Crippen LogP contribution in [0.3, 0.4) is 0 Å². The van der Waals surface area contributed by atoms with Crippen LogP contribution in [0, 0.1) is 5.92 Å². The molecule has 1 aromatic carbocycles. The van der Waals surface area contributed by atoms with Crippen LogP contribution in [0.5, 0.6) is 0 Å². The zero-order chi connectivity index (χ0) is 15.9. The molecule has 134 valence electrons. The van der Waals surface area contributed by atoms with Crippen molar-refractivity contribution < 1.29 is 4.79 Å². The zero-order valence-electron chi connectivity index (χ0n) is 14.4. The van der Waals surface area contributed by atoms with E-state index >= 15 is 0 Å². The van der Waals surface area contributed by atoms with Gasteiger partial charge in [0, 0.05) is 39.1 Å². The fraction of sp³-hybridized carbons (Fsp3) is 0.632. The van der Waals surface area contributed by atoms with Gasteiger partial charge in [0.2, 0.25) is 5.91 Å². The second-order valence-electron chi connectivity index (χ2n) is 6.88. The molecule has 0 aromatic heterocycles. The van der Waals surface area contributed by atoms with E-state index in [1.807, 2.05) is 0 Å². The Morgan fingerprint density at radius 3 is 2.75 bits per heavy atom. The molecule has 2 aliphatic rings. The lowest BCUT2D eigenvalue weighted by atomic mass is 9.82. The molecule has 5 heteroatoms. The van der Waals surface area contributed by atoms with Crippen LogP contribution in [0.4, 0.5) is 0 Å². The molecule has 0 radical (unpaired) electrons. The number of hydrogen-bond acceptors (Lipinski definition) is 3. The molecule has 0 bridgehead atoms. The average molecular weight is 352 g/mol. The highest BCUT2D eigenvalue weighted by molar-refractivity contribution is 5.85. The van der Waals surface area contributed by atoms with E-state index in [1.54, 1.807) is 0 Å². The molecular formula is C19H30ClN3O. The van der Waals surface area contributed by atoms with Gasteiger partial charge in [-0.3, -0.25) is 4.79 Å². The van der Waals surface area contributed by atoms with Crippen molar-refractivity contribution in [3.63, 3.8) is 0 Å². The summed E-state index contributed by atoms with van der Waals surface area (Å²) in [5.74, 6) is 0.743. The quantitative estimate of drug-likeness (QED) is 0.771. The van der Waals surface area contributed by atoms with Crippen molar-refractivity contribution in [2.45, 2.75) is 32.1 Å². The minimum absolute atomic E-state index is 0. The molecule has 1 atom stereocenters. The Balaban J connectivity index is 0.00000208. The van der Waals surface area contributed by atoms with Gasteiger partial charge in [0.25, 0.3) is 0 Å². The van der Waals surface area contributed by atoms with Crippen LogP contribution >= 0.6 is 12.4 Å². The Hall–Kier alpha value is -1.10.